The molecule has 0 aromatic heterocycles. The van der Waals surface area contributed by atoms with Crippen LogP contribution in [0.3, 0.4) is 0 Å². The fraction of sp³-hybridized carbons (Fsp3) is 0.333. The average molecular weight is 233 g/mol. The highest BCUT2D eigenvalue weighted by Crippen LogP contribution is 2.23. The molecule has 0 saturated heterocycles. The first kappa shape index (κ1) is 12.8. The average Bonchev–Trinajstić information content (AvgIpc) is 2.36. The van der Waals surface area contributed by atoms with Gasteiger partial charge in [0, 0.05) is 6.54 Å². The summed E-state index contributed by atoms with van der Waals surface area (Å²) in [4.78, 5) is 13.2. The van der Waals surface area contributed by atoms with Crippen molar-refractivity contribution in [2.75, 3.05) is 25.5 Å². The van der Waals surface area contributed by atoms with Crippen molar-refractivity contribution in [2.45, 2.75) is 6.92 Å². The van der Waals surface area contributed by atoms with E-state index in [1.165, 1.54) is 12.0 Å². The lowest BCUT2D eigenvalue weighted by molar-refractivity contribution is 0.220. The summed E-state index contributed by atoms with van der Waals surface area (Å²) >= 11 is 0. The lowest BCUT2D eigenvalue weighted by Crippen LogP contribution is -2.35. The fourth-order valence-electron chi connectivity index (χ4n) is 1.35. The van der Waals surface area contributed by atoms with E-state index in [0.29, 0.717) is 18.0 Å². The predicted octanol–water partition coefficient (Wildman–Crippen LogP) is 2.07. The quantitative estimate of drug-likeness (QED) is 0.809. The molecule has 0 aliphatic carbocycles. The van der Waals surface area contributed by atoms with Crippen molar-refractivity contribution in [2.24, 2.45) is 0 Å². The van der Waals surface area contributed by atoms with E-state index in [9.17, 15) is 4.79 Å². The molecule has 1 rings (SSSR count). The molecule has 5 heteroatoms. The number of anilines is 1. The second kappa shape index (κ2) is 6.38. The van der Waals surface area contributed by atoms with E-state index in [2.05, 4.69) is 5.32 Å². The molecule has 5 nitrogen and oxygen atoms in total. The second-order valence-corrected chi connectivity index (χ2v) is 3.30. The number of carbonyl (C=O) groups excluding carboxylic acids is 1. The first-order chi connectivity index (χ1) is 8.22. The number of nitriles is 1. The van der Waals surface area contributed by atoms with Gasteiger partial charge in [0.25, 0.3) is 0 Å². The van der Waals surface area contributed by atoms with Gasteiger partial charge in [-0.25, -0.2) is 4.79 Å². The highest BCUT2D eigenvalue weighted by Gasteiger charge is 2.12. The largest absolute Gasteiger partial charge is 0.495 e. The Balaban J connectivity index is 2.77. The monoisotopic (exact) mass is 233 g/mol. The zero-order valence-corrected chi connectivity index (χ0v) is 9.93. The number of amides is 2. The second-order valence-electron chi connectivity index (χ2n) is 3.30. The Kier molecular flexibility index (Phi) is 4.82. The summed E-state index contributed by atoms with van der Waals surface area (Å²) < 4.78 is 5.12. The van der Waals surface area contributed by atoms with Crippen molar-refractivity contribution < 1.29 is 9.53 Å². The molecule has 0 spiro atoms. The van der Waals surface area contributed by atoms with Crippen LogP contribution in [0.4, 0.5) is 10.5 Å². The lowest BCUT2D eigenvalue weighted by atomic mass is 10.3. The third-order valence-corrected chi connectivity index (χ3v) is 2.28. The normalized spacial score (nSPS) is 9.24. The van der Waals surface area contributed by atoms with E-state index in [-0.39, 0.29) is 12.6 Å². The van der Waals surface area contributed by atoms with Crippen LogP contribution in [0.5, 0.6) is 5.75 Å². The van der Waals surface area contributed by atoms with E-state index in [1.807, 2.05) is 19.1 Å². The molecule has 1 aromatic rings. The summed E-state index contributed by atoms with van der Waals surface area (Å²) in [6.45, 7) is 2.37. The summed E-state index contributed by atoms with van der Waals surface area (Å²) in [6.07, 6.45) is 0. The molecule has 0 aliphatic heterocycles. The summed E-state index contributed by atoms with van der Waals surface area (Å²) in [5.41, 5.74) is 0.594. The molecular weight excluding hydrogens is 218 g/mol. The van der Waals surface area contributed by atoms with Gasteiger partial charge in [-0.3, -0.25) is 0 Å². The van der Waals surface area contributed by atoms with E-state index in [0.717, 1.165) is 0 Å². The van der Waals surface area contributed by atoms with Gasteiger partial charge >= 0.3 is 6.03 Å². The highest BCUT2D eigenvalue weighted by atomic mass is 16.5. The molecule has 0 atom stereocenters. The Morgan fingerprint density at radius 3 is 2.82 bits per heavy atom. The van der Waals surface area contributed by atoms with Gasteiger partial charge in [0.15, 0.2) is 0 Å². The van der Waals surface area contributed by atoms with Crippen LogP contribution >= 0.6 is 0 Å². The van der Waals surface area contributed by atoms with Crippen LogP contribution in [0, 0.1) is 11.3 Å². The van der Waals surface area contributed by atoms with Gasteiger partial charge in [0.1, 0.15) is 12.3 Å². The maximum absolute atomic E-state index is 11.8. The minimum absolute atomic E-state index is 0.0669. The third kappa shape index (κ3) is 3.38. The number of benzene rings is 1. The van der Waals surface area contributed by atoms with Gasteiger partial charge in [0.05, 0.1) is 18.9 Å². The molecule has 0 unspecified atom stereocenters. The first-order valence-corrected chi connectivity index (χ1v) is 5.28. The van der Waals surface area contributed by atoms with Gasteiger partial charge in [-0.1, -0.05) is 12.1 Å². The Bertz CT molecular complexity index is 426. The number of ether oxygens (including phenoxy) is 1. The van der Waals surface area contributed by atoms with Crippen LogP contribution in [-0.4, -0.2) is 31.1 Å². The number of urea groups is 1. The Labute approximate surface area is 101 Å². The number of hydrogen-bond donors (Lipinski definition) is 1. The van der Waals surface area contributed by atoms with Crippen molar-refractivity contribution in [3.05, 3.63) is 24.3 Å². The van der Waals surface area contributed by atoms with Crippen LogP contribution in [-0.2, 0) is 0 Å². The van der Waals surface area contributed by atoms with Crippen LogP contribution < -0.4 is 10.1 Å². The number of nitrogens with one attached hydrogen (secondary N) is 1. The van der Waals surface area contributed by atoms with Crippen LogP contribution in [0.15, 0.2) is 24.3 Å². The van der Waals surface area contributed by atoms with Crippen molar-refractivity contribution in [3.63, 3.8) is 0 Å². The molecule has 0 saturated carbocycles. The Morgan fingerprint density at radius 1 is 1.53 bits per heavy atom. The van der Waals surface area contributed by atoms with Crippen molar-refractivity contribution in [3.8, 4) is 11.8 Å². The SMILES string of the molecule is CCN(CC#N)C(=O)Nc1ccccc1OC. The molecule has 90 valence electrons. The molecule has 0 heterocycles. The standard InChI is InChI=1S/C12H15N3O2/c1-3-15(9-8-13)12(16)14-10-6-4-5-7-11(10)17-2/h4-7H,3,9H2,1-2H3,(H,14,16). The summed E-state index contributed by atoms with van der Waals surface area (Å²) in [5.74, 6) is 0.592. The maximum atomic E-state index is 11.8. The topological polar surface area (TPSA) is 65.4 Å². The van der Waals surface area contributed by atoms with Crippen LogP contribution in [0.2, 0.25) is 0 Å². The number of carbonyl (C=O) groups is 1. The molecule has 0 radical (unpaired) electrons. The van der Waals surface area contributed by atoms with E-state index >= 15 is 0 Å². The highest BCUT2D eigenvalue weighted by molar-refractivity contribution is 5.91. The van der Waals surface area contributed by atoms with Gasteiger partial charge < -0.3 is 15.0 Å². The number of nitrogens with zero attached hydrogens (tertiary/aromatic N) is 2. The molecule has 1 aromatic carbocycles. The number of rotatable bonds is 4. The summed E-state index contributed by atoms with van der Waals surface area (Å²) in [5, 5.41) is 11.3. The minimum atomic E-state index is -0.307. The number of hydrogen-bond acceptors (Lipinski definition) is 3. The van der Waals surface area contributed by atoms with Crippen molar-refractivity contribution in [1.82, 2.24) is 4.90 Å². The van der Waals surface area contributed by atoms with Gasteiger partial charge in [-0.15, -0.1) is 0 Å². The Hall–Kier alpha value is -2.22. The van der Waals surface area contributed by atoms with Crippen molar-refractivity contribution in [1.29, 1.82) is 5.26 Å². The molecule has 0 aliphatic rings. The molecule has 17 heavy (non-hydrogen) atoms. The minimum Gasteiger partial charge on any atom is -0.495 e. The van der Waals surface area contributed by atoms with Gasteiger partial charge in [0.2, 0.25) is 0 Å². The van der Waals surface area contributed by atoms with Gasteiger partial charge in [-0.05, 0) is 19.1 Å². The molecular formula is C12H15N3O2. The van der Waals surface area contributed by atoms with E-state index in [1.54, 1.807) is 18.2 Å². The van der Waals surface area contributed by atoms with Crippen LogP contribution in [0.1, 0.15) is 6.92 Å². The van der Waals surface area contributed by atoms with Crippen LogP contribution in [0.25, 0.3) is 0 Å². The van der Waals surface area contributed by atoms with E-state index < -0.39 is 0 Å². The first-order valence-electron chi connectivity index (χ1n) is 5.28. The number of methoxy groups -OCH3 is 1. The van der Waals surface area contributed by atoms with Gasteiger partial charge in [-0.2, -0.15) is 5.26 Å². The molecule has 0 bridgehead atoms. The third-order valence-electron chi connectivity index (χ3n) is 2.28. The smallest absolute Gasteiger partial charge is 0.322 e. The van der Waals surface area contributed by atoms with E-state index in [4.69, 9.17) is 10.00 Å². The summed E-state index contributed by atoms with van der Waals surface area (Å²) in [7, 11) is 1.54. The fourth-order valence-corrected chi connectivity index (χ4v) is 1.35. The molecule has 0 fully saturated rings. The zero-order valence-electron chi connectivity index (χ0n) is 9.93. The molecule has 1 N–H and O–H groups in total. The lowest BCUT2D eigenvalue weighted by Gasteiger charge is -2.18. The summed E-state index contributed by atoms with van der Waals surface area (Å²) in [6, 6.07) is 8.77. The zero-order chi connectivity index (χ0) is 12.7. The predicted molar refractivity (Wildman–Crippen MR) is 64.9 cm³/mol. The maximum Gasteiger partial charge on any atom is 0.322 e. The number of para-hydroxylation sites is 2. The molecule has 2 amide bonds. The Morgan fingerprint density at radius 2 is 2.24 bits per heavy atom. The van der Waals surface area contributed by atoms with Crippen molar-refractivity contribution >= 4 is 11.7 Å².